The fourth-order valence-corrected chi connectivity index (χ4v) is 3.04. The third-order valence-electron chi connectivity index (χ3n) is 4.41. The van der Waals surface area contributed by atoms with Crippen molar-refractivity contribution in [2.24, 2.45) is 5.92 Å². The summed E-state index contributed by atoms with van der Waals surface area (Å²) in [5.41, 5.74) is 1.20. The Morgan fingerprint density at radius 2 is 1.90 bits per heavy atom. The Morgan fingerprint density at radius 3 is 2.65 bits per heavy atom. The largest absolute Gasteiger partial charge is 0.497 e. The molecule has 2 unspecified atom stereocenters. The predicted molar refractivity (Wildman–Crippen MR) is 82.4 cm³/mol. The molecule has 1 aromatic rings. The Balaban J connectivity index is 1.98. The molecule has 0 radical (unpaired) electrons. The van der Waals surface area contributed by atoms with Gasteiger partial charge in [-0.3, -0.25) is 0 Å². The van der Waals surface area contributed by atoms with Gasteiger partial charge in [-0.05, 0) is 24.8 Å². The topological polar surface area (TPSA) is 30.5 Å². The van der Waals surface area contributed by atoms with Crippen LogP contribution in [0.25, 0.3) is 0 Å². The first-order valence-electron chi connectivity index (χ1n) is 7.69. The molecule has 0 aliphatic heterocycles. The summed E-state index contributed by atoms with van der Waals surface area (Å²) in [4.78, 5) is 0. The number of rotatable bonds is 5. The molecule has 1 aliphatic rings. The average molecular weight is 277 g/mol. The molecule has 3 heteroatoms. The molecule has 0 heterocycles. The van der Waals surface area contributed by atoms with E-state index in [9.17, 15) is 0 Å². The molecule has 0 saturated heterocycles. The van der Waals surface area contributed by atoms with Gasteiger partial charge < -0.3 is 14.8 Å². The van der Waals surface area contributed by atoms with Gasteiger partial charge in [-0.15, -0.1) is 0 Å². The van der Waals surface area contributed by atoms with Crippen LogP contribution in [0, 0.1) is 5.92 Å². The molecule has 0 spiro atoms. The van der Waals surface area contributed by atoms with Crippen LogP contribution in [0.3, 0.4) is 0 Å². The lowest BCUT2D eigenvalue weighted by Gasteiger charge is -2.23. The Labute approximate surface area is 122 Å². The fourth-order valence-electron chi connectivity index (χ4n) is 3.04. The van der Waals surface area contributed by atoms with Gasteiger partial charge in [0, 0.05) is 24.2 Å². The maximum absolute atomic E-state index is 5.46. The summed E-state index contributed by atoms with van der Waals surface area (Å²) in [5.74, 6) is 2.51. The first-order chi connectivity index (χ1) is 9.74. The second kappa shape index (κ2) is 7.53. The minimum Gasteiger partial charge on any atom is -0.497 e. The van der Waals surface area contributed by atoms with Gasteiger partial charge in [0.25, 0.3) is 0 Å². The number of nitrogens with one attached hydrogen (secondary N) is 1. The van der Waals surface area contributed by atoms with Crippen molar-refractivity contribution in [3.8, 4) is 11.5 Å². The van der Waals surface area contributed by atoms with Gasteiger partial charge in [0.15, 0.2) is 0 Å². The first kappa shape index (κ1) is 15.2. The monoisotopic (exact) mass is 277 g/mol. The van der Waals surface area contributed by atoms with E-state index in [-0.39, 0.29) is 0 Å². The molecular formula is C17H27NO2. The summed E-state index contributed by atoms with van der Waals surface area (Å²) in [5, 5.41) is 3.72. The highest BCUT2D eigenvalue weighted by Gasteiger charge is 2.19. The van der Waals surface area contributed by atoms with Gasteiger partial charge in [0.1, 0.15) is 11.5 Å². The van der Waals surface area contributed by atoms with E-state index in [0.29, 0.717) is 6.04 Å². The van der Waals surface area contributed by atoms with Crippen LogP contribution in [0.2, 0.25) is 0 Å². The van der Waals surface area contributed by atoms with E-state index in [4.69, 9.17) is 9.47 Å². The van der Waals surface area contributed by atoms with Crippen LogP contribution in [-0.4, -0.2) is 20.3 Å². The summed E-state index contributed by atoms with van der Waals surface area (Å²) < 4.78 is 10.7. The second-order valence-corrected chi connectivity index (χ2v) is 5.78. The highest BCUT2D eigenvalue weighted by Crippen LogP contribution is 2.26. The van der Waals surface area contributed by atoms with E-state index in [1.807, 2.05) is 12.1 Å². The highest BCUT2D eigenvalue weighted by atomic mass is 16.5. The molecule has 1 N–H and O–H groups in total. The van der Waals surface area contributed by atoms with Crippen LogP contribution >= 0.6 is 0 Å². The lowest BCUT2D eigenvalue weighted by Crippen LogP contribution is -2.33. The van der Waals surface area contributed by atoms with Crippen molar-refractivity contribution in [1.29, 1.82) is 0 Å². The van der Waals surface area contributed by atoms with E-state index in [1.54, 1.807) is 14.2 Å². The zero-order valence-electron chi connectivity index (χ0n) is 12.9. The lowest BCUT2D eigenvalue weighted by atomic mass is 9.96. The number of benzene rings is 1. The zero-order valence-corrected chi connectivity index (χ0v) is 12.9. The van der Waals surface area contributed by atoms with Crippen molar-refractivity contribution in [2.75, 3.05) is 14.2 Å². The maximum Gasteiger partial charge on any atom is 0.127 e. The SMILES string of the molecule is COc1ccc(CNC2CCCCCC2C)c(OC)c1. The van der Waals surface area contributed by atoms with Gasteiger partial charge in [0.05, 0.1) is 14.2 Å². The quantitative estimate of drug-likeness (QED) is 0.831. The van der Waals surface area contributed by atoms with Crippen LogP contribution in [0.4, 0.5) is 0 Å². The molecular weight excluding hydrogens is 250 g/mol. The molecule has 112 valence electrons. The summed E-state index contributed by atoms with van der Waals surface area (Å²) in [6.45, 7) is 3.23. The molecule has 0 aromatic heterocycles. The van der Waals surface area contributed by atoms with Crippen LogP contribution in [0.5, 0.6) is 11.5 Å². The van der Waals surface area contributed by atoms with E-state index >= 15 is 0 Å². The molecule has 2 rings (SSSR count). The molecule has 0 bridgehead atoms. The number of ether oxygens (including phenoxy) is 2. The molecule has 1 aliphatic carbocycles. The summed E-state index contributed by atoms with van der Waals surface area (Å²) in [7, 11) is 3.40. The molecule has 2 atom stereocenters. The predicted octanol–water partition coefficient (Wildman–Crippen LogP) is 3.76. The lowest BCUT2D eigenvalue weighted by molar-refractivity contribution is 0.349. The standard InChI is InChI=1S/C17H27NO2/c1-13-7-5-4-6-8-16(13)18-12-14-9-10-15(19-2)11-17(14)20-3/h9-11,13,16,18H,4-8,12H2,1-3H3. The van der Waals surface area contributed by atoms with Crippen LogP contribution in [-0.2, 0) is 6.54 Å². The summed E-state index contributed by atoms with van der Waals surface area (Å²) >= 11 is 0. The van der Waals surface area contributed by atoms with Gasteiger partial charge in [-0.1, -0.05) is 32.3 Å². The van der Waals surface area contributed by atoms with Crippen molar-refractivity contribution in [3.05, 3.63) is 23.8 Å². The van der Waals surface area contributed by atoms with Gasteiger partial charge in [-0.2, -0.15) is 0 Å². The van der Waals surface area contributed by atoms with Gasteiger partial charge >= 0.3 is 0 Å². The molecule has 1 saturated carbocycles. The normalized spacial score (nSPS) is 23.1. The minimum absolute atomic E-state index is 0.629. The van der Waals surface area contributed by atoms with Crippen molar-refractivity contribution >= 4 is 0 Å². The Hall–Kier alpha value is -1.22. The van der Waals surface area contributed by atoms with E-state index in [0.717, 1.165) is 24.0 Å². The minimum atomic E-state index is 0.629. The van der Waals surface area contributed by atoms with Crippen LogP contribution < -0.4 is 14.8 Å². The Bertz CT molecular complexity index is 419. The zero-order chi connectivity index (χ0) is 14.4. The second-order valence-electron chi connectivity index (χ2n) is 5.78. The molecule has 3 nitrogen and oxygen atoms in total. The fraction of sp³-hybridized carbons (Fsp3) is 0.647. The van der Waals surface area contributed by atoms with Crippen molar-refractivity contribution in [1.82, 2.24) is 5.32 Å². The summed E-state index contributed by atoms with van der Waals surface area (Å²) in [6, 6.07) is 6.67. The maximum atomic E-state index is 5.46. The van der Waals surface area contributed by atoms with Crippen molar-refractivity contribution in [3.63, 3.8) is 0 Å². The van der Waals surface area contributed by atoms with E-state index < -0.39 is 0 Å². The van der Waals surface area contributed by atoms with Crippen molar-refractivity contribution in [2.45, 2.75) is 51.6 Å². The molecule has 0 amide bonds. The number of methoxy groups -OCH3 is 2. The van der Waals surface area contributed by atoms with E-state index in [2.05, 4.69) is 18.3 Å². The van der Waals surface area contributed by atoms with Gasteiger partial charge in [-0.25, -0.2) is 0 Å². The molecule has 1 aromatic carbocycles. The smallest absolute Gasteiger partial charge is 0.127 e. The number of hydrogen-bond acceptors (Lipinski definition) is 3. The number of hydrogen-bond donors (Lipinski definition) is 1. The van der Waals surface area contributed by atoms with Crippen LogP contribution in [0.1, 0.15) is 44.6 Å². The molecule has 1 fully saturated rings. The van der Waals surface area contributed by atoms with E-state index in [1.165, 1.54) is 37.7 Å². The third kappa shape index (κ3) is 3.89. The Morgan fingerprint density at radius 1 is 1.10 bits per heavy atom. The van der Waals surface area contributed by atoms with Crippen LogP contribution in [0.15, 0.2) is 18.2 Å². The third-order valence-corrected chi connectivity index (χ3v) is 4.41. The highest BCUT2D eigenvalue weighted by molar-refractivity contribution is 5.40. The summed E-state index contributed by atoms with van der Waals surface area (Å²) in [6.07, 6.45) is 6.75. The Kier molecular flexibility index (Phi) is 5.72. The molecule has 20 heavy (non-hydrogen) atoms. The first-order valence-corrected chi connectivity index (χ1v) is 7.69. The average Bonchev–Trinajstić information content (AvgIpc) is 2.69. The van der Waals surface area contributed by atoms with Crippen molar-refractivity contribution < 1.29 is 9.47 Å². The van der Waals surface area contributed by atoms with Gasteiger partial charge in [0.2, 0.25) is 0 Å².